The molecule has 4 rings (SSSR count). The van der Waals surface area contributed by atoms with Gasteiger partial charge in [-0.05, 0) is 31.0 Å². The van der Waals surface area contributed by atoms with Crippen LogP contribution in [0.1, 0.15) is 24.5 Å². The summed E-state index contributed by atoms with van der Waals surface area (Å²) in [6, 6.07) is 5.15. The summed E-state index contributed by atoms with van der Waals surface area (Å²) in [6.45, 7) is 0. The minimum Gasteiger partial charge on any atom is -0.479 e. The van der Waals surface area contributed by atoms with E-state index in [1.165, 1.54) is 11.7 Å². The summed E-state index contributed by atoms with van der Waals surface area (Å²) < 4.78 is 6.62. The zero-order chi connectivity index (χ0) is 16.8. The number of rotatable bonds is 3. The lowest BCUT2D eigenvalue weighted by atomic mass is 10.2. The number of nitrogens with two attached hydrogens (primary N) is 1. The molecular weight excluding hydrogens is 330 g/mol. The van der Waals surface area contributed by atoms with Gasteiger partial charge in [0.15, 0.2) is 5.65 Å². The molecule has 0 atom stereocenters. The molecule has 0 bridgehead atoms. The maximum Gasteiger partial charge on any atom is 0.356 e. The molecule has 24 heavy (non-hydrogen) atoms. The summed E-state index contributed by atoms with van der Waals surface area (Å²) in [6.07, 6.45) is 3.67. The Kier molecular flexibility index (Phi) is 3.38. The Morgan fingerprint density at radius 2 is 2.17 bits per heavy atom. The predicted octanol–water partition coefficient (Wildman–Crippen LogP) is 2.30. The first-order chi connectivity index (χ1) is 11.6. The van der Waals surface area contributed by atoms with Gasteiger partial charge in [-0.25, -0.2) is 19.3 Å². The molecule has 0 spiro atoms. The van der Waals surface area contributed by atoms with E-state index in [2.05, 4.69) is 15.0 Å². The van der Waals surface area contributed by atoms with Crippen LogP contribution in [-0.4, -0.2) is 26.6 Å². The Morgan fingerprint density at radius 1 is 1.38 bits per heavy atom. The molecule has 0 aromatic carbocycles. The summed E-state index contributed by atoms with van der Waals surface area (Å²) >= 11 is 6.34. The topological polar surface area (TPSA) is 95.9 Å². The molecule has 0 saturated heterocycles. The highest BCUT2D eigenvalue weighted by Gasteiger charge is 2.29. The van der Waals surface area contributed by atoms with Gasteiger partial charge in [0.2, 0.25) is 5.88 Å². The van der Waals surface area contributed by atoms with Crippen LogP contribution in [0.25, 0.3) is 16.7 Å². The summed E-state index contributed by atoms with van der Waals surface area (Å²) in [5.74, 6) is 0.735. The number of pyridine rings is 2. The number of aromatic nitrogens is 4. The predicted molar refractivity (Wildman–Crippen MR) is 90.9 cm³/mol. The van der Waals surface area contributed by atoms with Gasteiger partial charge in [0.1, 0.15) is 11.5 Å². The zero-order valence-corrected chi connectivity index (χ0v) is 13.6. The van der Waals surface area contributed by atoms with E-state index in [-0.39, 0.29) is 5.82 Å². The molecule has 1 aliphatic carbocycles. The molecule has 3 aromatic heterocycles. The Labute approximate surface area is 142 Å². The van der Waals surface area contributed by atoms with Gasteiger partial charge < -0.3 is 10.5 Å². The average molecular weight is 344 g/mol. The molecular formula is C16H14ClN5O2. The molecule has 3 aromatic rings. The van der Waals surface area contributed by atoms with E-state index in [1.807, 2.05) is 0 Å². The second-order valence-electron chi connectivity index (χ2n) is 5.65. The summed E-state index contributed by atoms with van der Waals surface area (Å²) in [7, 11) is 1.49. The molecule has 1 saturated carbocycles. The van der Waals surface area contributed by atoms with E-state index in [0.29, 0.717) is 33.5 Å². The van der Waals surface area contributed by atoms with E-state index in [0.717, 1.165) is 18.5 Å². The van der Waals surface area contributed by atoms with Crippen molar-refractivity contribution in [3.05, 3.63) is 45.6 Å². The van der Waals surface area contributed by atoms with E-state index in [9.17, 15) is 4.79 Å². The van der Waals surface area contributed by atoms with Crippen LogP contribution in [-0.2, 0) is 0 Å². The van der Waals surface area contributed by atoms with E-state index >= 15 is 0 Å². The van der Waals surface area contributed by atoms with Crippen molar-refractivity contribution in [2.24, 2.45) is 0 Å². The number of nitrogens with zero attached hydrogens (tertiary/aromatic N) is 4. The number of halogens is 1. The molecule has 1 aliphatic rings. The van der Waals surface area contributed by atoms with Gasteiger partial charge in [0.25, 0.3) is 0 Å². The van der Waals surface area contributed by atoms with Crippen LogP contribution in [0.15, 0.2) is 29.2 Å². The second-order valence-corrected chi connectivity index (χ2v) is 6.05. The zero-order valence-electron chi connectivity index (χ0n) is 12.9. The number of hydrogen-bond donors (Lipinski definition) is 1. The molecule has 0 amide bonds. The standard InChI is InChI=1S/C16H14ClN5O2/c1-24-15-11(3-2-6-19-15)22-14-9(13(18)21-16(22)23)7-10(17)12(20-14)8-4-5-8/h2-3,6-8H,4-5H2,1H3,(H2,18,21,23). The Balaban J connectivity index is 2.11. The lowest BCUT2D eigenvalue weighted by Gasteiger charge is -2.14. The SMILES string of the molecule is COc1ncccc1-n1c(=O)nc(N)c2cc(Cl)c(C3CC3)nc21. The third-order valence-corrected chi connectivity index (χ3v) is 4.33. The molecule has 122 valence electrons. The highest BCUT2D eigenvalue weighted by atomic mass is 35.5. The smallest absolute Gasteiger partial charge is 0.356 e. The Morgan fingerprint density at radius 3 is 2.88 bits per heavy atom. The fraction of sp³-hybridized carbons (Fsp3) is 0.250. The summed E-state index contributed by atoms with van der Waals surface area (Å²) in [5, 5.41) is 1.07. The lowest BCUT2D eigenvalue weighted by Crippen LogP contribution is -2.24. The van der Waals surface area contributed by atoms with E-state index in [4.69, 9.17) is 22.1 Å². The van der Waals surface area contributed by atoms with Gasteiger partial charge >= 0.3 is 5.69 Å². The van der Waals surface area contributed by atoms with Crippen LogP contribution in [0.4, 0.5) is 5.82 Å². The largest absolute Gasteiger partial charge is 0.479 e. The average Bonchev–Trinajstić information content (AvgIpc) is 3.40. The first-order valence-electron chi connectivity index (χ1n) is 7.48. The maximum absolute atomic E-state index is 12.5. The molecule has 8 heteroatoms. The third-order valence-electron chi connectivity index (χ3n) is 4.03. The minimum atomic E-state index is -0.539. The van der Waals surface area contributed by atoms with E-state index < -0.39 is 5.69 Å². The molecule has 1 fully saturated rings. The Hall–Kier alpha value is -2.67. The molecule has 2 N–H and O–H groups in total. The number of nitrogen functional groups attached to an aromatic ring is 1. The number of fused-ring (bicyclic) bond motifs is 1. The third kappa shape index (κ3) is 2.28. The van der Waals surface area contributed by atoms with Crippen molar-refractivity contribution in [1.29, 1.82) is 0 Å². The summed E-state index contributed by atoms with van der Waals surface area (Å²) in [4.78, 5) is 25.2. The lowest BCUT2D eigenvalue weighted by molar-refractivity contribution is 0.395. The van der Waals surface area contributed by atoms with Crippen LogP contribution < -0.4 is 16.2 Å². The van der Waals surface area contributed by atoms with Crippen LogP contribution in [0.3, 0.4) is 0 Å². The quantitative estimate of drug-likeness (QED) is 0.783. The first kappa shape index (κ1) is 14.9. The van der Waals surface area contributed by atoms with Gasteiger partial charge in [-0.3, -0.25) is 0 Å². The molecule has 7 nitrogen and oxygen atoms in total. The van der Waals surface area contributed by atoms with Crippen LogP contribution in [0.5, 0.6) is 5.88 Å². The highest BCUT2D eigenvalue weighted by Crippen LogP contribution is 2.43. The van der Waals surface area contributed by atoms with Crippen LogP contribution in [0.2, 0.25) is 5.02 Å². The van der Waals surface area contributed by atoms with Crippen molar-refractivity contribution in [3.8, 4) is 11.6 Å². The van der Waals surface area contributed by atoms with Gasteiger partial charge in [-0.2, -0.15) is 4.98 Å². The molecule has 0 aliphatic heterocycles. The minimum absolute atomic E-state index is 0.103. The fourth-order valence-corrected chi connectivity index (χ4v) is 3.03. The molecule has 0 unspecified atom stereocenters. The van der Waals surface area contributed by atoms with Gasteiger partial charge in [-0.1, -0.05) is 11.6 Å². The molecule has 3 heterocycles. The van der Waals surface area contributed by atoms with Crippen molar-refractivity contribution in [2.45, 2.75) is 18.8 Å². The van der Waals surface area contributed by atoms with Crippen LogP contribution >= 0.6 is 11.6 Å². The van der Waals surface area contributed by atoms with Gasteiger partial charge in [-0.15, -0.1) is 0 Å². The number of anilines is 1. The van der Waals surface area contributed by atoms with Gasteiger partial charge in [0.05, 0.1) is 23.2 Å². The van der Waals surface area contributed by atoms with Crippen molar-refractivity contribution < 1.29 is 4.74 Å². The first-order valence-corrected chi connectivity index (χ1v) is 7.86. The van der Waals surface area contributed by atoms with Crippen LogP contribution in [0, 0.1) is 0 Å². The fourth-order valence-electron chi connectivity index (χ4n) is 2.73. The van der Waals surface area contributed by atoms with E-state index in [1.54, 1.807) is 24.4 Å². The molecule has 0 radical (unpaired) electrons. The monoisotopic (exact) mass is 343 g/mol. The normalized spacial score (nSPS) is 14.1. The summed E-state index contributed by atoms with van der Waals surface area (Å²) in [5.41, 5.74) is 7.02. The number of ether oxygens (including phenoxy) is 1. The van der Waals surface area contributed by atoms with Crippen molar-refractivity contribution in [2.75, 3.05) is 12.8 Å². The van der Waals surface area contributed by atoms with Crippen molar-refractivity contribution in [3.63, 3.8) is 0 Å². The highest BCUT2D eigenvalue weighted by molar-refractivity contribution is 6.32. The maximum atomic E-state index is 12.5. The number of methoxy groups -OCH3 is 1. The van der Waals surface area contributed by atoms with Gasteiger partial charge in [0, 0.05) is 12.1 Å². The van der Waals surface area contributed by atoms with Crippen molar-refractivity contribution in [1.82, 2.24) is 19.5 Å². The second kappa shape index (κ2) is 5.45. The Bertz CT molecular complexity index is 1010. The van der Waals surface area contributed by atoms with Crippen molar-refractivity contribution >= 4 is 28.5 Å². The number of hydrogen-bond acceptors (Lipinski definition) is 6.